The van der Waals surface area contributed by atoms with Gasteiger partial charge in [-0.2, -0.15) is 0 Å². The summed E-state index contributed by atoms with van der Waals surface area (Å²) in [4.78, 5) is 10.9. The van der Waals surface area contributed by atoms with Gasteiger partial charge in [0.1, 0.15) is 35.8 Å². The fourth-order valence-corrected chi connectivity index (χ4v) is 6.78. The maximum Gasteiger partial charge on any atom is 0.269 e. The van der Waals surface area contributed by atoms with Crippen LogP contribution in [0.4, 0.5) is 5.69 Å². The van der Waals surface area contributed by atoms with Gasteiger partial charge in [-0.1, -0.05) is 152 Å². The average molecular weight is 724 g/mol. The Balaban J connectivity index is 1.26. The number of nitro groups is 1. The van der Waals surface area contributed by atoms with Crippen molar-refractivity contribution >= 4 is 5.69 Å². The van der Waals surface area contributed by atoms with Gasteiger partial charge < -0.3 is 28.8 Å². The second kappa shape index (κ2) is 17.4. The normalized spacial score (nSPS) is 19.9. The van der Waals surface area contributed by atoms with Crippen molar-refractivity contribution in [2.75, 3.05) is 6.61 Å². The van der Waals surface area contributed by atoms with Crippen molar-refractivity contribution < 1.29 is 33.7 Å². The Morgan fingerprint density at radius 1 is 0.593 bits per heavy atom. The van der Waals surface area contributed by atoms with Crippen molar-refractivity contribution in [2.24, 2.45) is 0 Å². The lowest BCUT2D eigenvalue weighted by Crippen LogP contribution is -2.62. The van der Waals surface area contributed by atoms with E-state index in [9.17, 15) is 15.2 Å². The zero-order chi connectivity index (χ0) is 37.2. The third-order valence-electron chi connectivity index (χ3n) is 9.49. The van der Waals surface area contributed by atoms with Crippen LogP contribution in [0.15, 0.2) is 176 Å². The summed E-state index contributed by atoms with van der Waals surface area (Å²) in [7, 11) is 0. The van der Waals surface area contributed by atoms with Crippen LogP contribution in [-0.2, 0) is 37.8 Å². The zero-order valence-electron chi connectivity index (χ0n) is 29.5. The van der Waals surface area contributed by atoms with E-state index in [4.69, 9.17) is 23.7 Å². The first kappa shape index (κ1) is 36.7. The molecular formula is C45H41NO8. The number of nitrogens with zero attached hydrogens (tertiary/aromatic N) is 1. The summed E-state index contributed by atoms with van der Waals surface area (Å²) in [6, 6.07) is 55.0. The summed E-state index contributed by atoms with van der Waals surface area (Å²) in [5.41, 5.74) is 3.35. The van der Waals surface area contributed by atoms with Crippen LogP contribution < -0.4 is 4.74 Å². The van der Waals surface area contributed by atoms with Gasteiger partial charge in [0.05, 0.1) is 24.7 Å². The van der Waals surface area contributed by atoms with E-state index < -0.39 is 41.2 Å². The van der Waals surface area contributed by atoms with E-state index in [2.05, 4.69) is 0 Å². The number of aliphatic hydroxyl groups is 1. The highest BCUT2D eigenvalue weighted by Crippen LogP contribution is 2.41. The number of rotatable bonds is 15. The third-order valence-corrected chi connectivity index (χ3v) is 9.49. The van der Waals surface area contributed by atoms with Crippen LogP contribution in [0.25, 0.3) is 0 Å². The predicted molar refractivity (Wildman–Crippen MR) is 204 cm³/mol. The van der Waals surface area contributed by atoms with Crippen molar-refractivity contribution in [1.29, 1.82) is 0 Å². The number of non-ortho nitro benzene ring substituents is 1. The minimum Gasteiger partial charge on any atom is -0.462 e. The van der Waals surface area contributed by atoms with E-state index >= 15 is 0 Å². The Kier molecular flexibility index (Phi) is 11.8. The minimum absolute atomic E-state index is 0.0728. The third kappa shape index (κ3) is 8.42. The highest BCUT2D eigenvalue weighted by Gasteiger charge is 2.50. The molecule has 274 valence electrons. The molecule has 1 N–H and O–H groups in total. The van der Waals surface area contributed by atoms with E-state index in [0.29, 0.717) is 5.75 Å². The van der Waals surface area contributed by atoms with Crippen molar-refractivity contribution in [3.8, 4) is 5.75 Å². The standard InChI is InChI=1S/C45H41NO8/c47-41-40(32-52-45(35-20-10-3-11-21-35,36-22-12-4-13-23-36)37-24-14-5-15-25-37)54-44(53-39-28-26-38(27-29-39)46(48)49)43(51-31-34-18-8-2-9-19-34)42(41)50-30-33-16-6-1-7-17-33/h1-29,40-44,47H,30-32H2/t40-,41+,42+,43-,44-/m1/s1. The molecule has 1 heterocycles. The van der Waals surface area contributed by atoms with Gasteiger partial charge in [-0.05, 0) is 39.9 Å². The van der Waals surface area contributed by atoms with Crippen molar-refractivity contribution in [1.82, 2.24) is 0 Å². The van der Waals surface area contributed by atoms with Gasteiger partial charge in [0.25, 0.3) is 5.69 Å². The van der Waals surface area contributed by atoms with E-state index in [1.807, 2.05) is 152 Å². The molecule has 7 rings (SSSR count). The molecule has 1 aliphatic rings. The Morgan fingerprint density at radius 3 is 1.46 bits per heavy atom. The molecule has 0 spiro atoms. The molecule has 9 nitrogen and oxygen atoms in total. The molecule has 6 aromatic carbocycles. The first-order chi connectivity index (χ1) is 26.5. The second-order valence-electron chi connectivity index (χ2n) is 13.0. The van der Waals surface area contributed by atoms with Crippen LogP contribution in [0.2, 0.25) is 0 Å². The van der Waals surface area contributed by atoms with Crippen LogP contribution in [0.1, 0.15) is 27.8 Å². The fourth-order valence-electron chi connectivity index (χ4n) is 6.78. The summed E-state index contributed by atoms with van der Waals surface area (Å²) in [5, 5.41) is 23.6. The van der Waals surface area contributed by atoms with Gasteiger partial charge in [0, 0.05) is 12.1 Å². The predicted octanol–water partition coefficient (Wildman–Crippen LogP) is 8.24. The lowest BCUT2D eigenvalue weighted by molar-refractivity contribution is -0.384. The lowest BCUT2D eigenvalue weighted by Gasteiger charge is -2.45. The lowest BCUT2D eigenvalue weighted by atomic mass is 9.80. The topological polar surface area (TPSA) is 110 Å². The molecule has 1 aliphatic heterocycles. The number of hydrogen-bond acceptors (Lipinski definition) is 8. The second-order valence-corrected chi connectivity index (χ2v) is 13.0. The highest BCUT2D eigenvalue weighted by atomic mass is 16.7. The molecule has 0 saturated carbocycles. The molecule has 5 atom stereocenters. The smallest absolute Gasteiger partial charge is 0.269 e. The van der Waals surface area contributed by atoms with Gasteiger partial charge in [0.15, 0.2) is 0 Å². The summed E-state index contributed by atoms with van der Waals surface area (Å²) in [5.74, 6) is 0.323. The molecule has 0 aromatic heterocycles. The van der Waals surface area contributed by atoms with Crippen LogP contribution >= 0.6 is 0 Å². The van der Waals surface area contributed by atoms with E-state index in [1.165, 1.54) is 24.3 Å². The average Bonchev–Trinajstić information content (AvgIpc) is 3.23. The van der Waals surface area contributed by atoms with Gasteiger partial charge in [-0.3, -0.25) is 10.1 Å². The largest absolute Gasteiger partial charge is 0.462 e. The number of hydrogen-bond donors (Lipinski definition) is 1. The van der Waals surface area contributed by atoms with Crippen molar-refractivity contribution in [3.05, 3.63) is 214 Å². The summed E-state index contributed by atoms with van der Waals surface area (Å²) >= 11 is 0. The maximum atomic E-state index is 12.2. The van der Waals surface area contributed by atoms with Gasteiger partial charge in [-0.15, -0.1) is 0 Å². The molecule has 0 radical (unpaired) electrons. The Bertz CT molecular complexity index is 1940. The minimum atomic E-state index is -1.22. The molecule has 0 unspecified atom stereocenters. The van der Waals surface area contributed by atoms with Gasteiger partial charge in [0.2, 0.25) is 6.29 Å². The molecule has 0 amide bonds. The number of aliphatic hydroxyl groups excluding tert-OH is 1. The number of nitro benzene ring substituents is 1. The number of ether oxygens (including phenoxy) is 5. The van der Waals surface area contributed by atoms with Gasteiger partial charge >= 0.3 is 0 Å². The molecule has 1 saturated heterocycles. The maximum absolute atomic E-state index is 12.2. The molecule has 9 heteroatoms. The Morgan fingerprint density at radius 2 is 1.02 bits per heavy atom. The SMILES string of the molecule is O=[N+]([O-])c1ccc(O[C@@H]2O[C@H](COC(c3ccccc3)(c3ccccc3)c3ccccc3)[C@H](O)[C@H](OCc3ccccc3)[C@H]2OCc2ccccc2)cc1. The van der Waals surface area contributed by atoms with E-state index in [1.54, 1.807) is 0 Å². The monoisotopic (exact) mass is 723 g/mol. The van der Waals surface area contributed by atoms with Crippen LogP contribution in [0.5, 0.6) is 5.75 Å². The first-order valence-corrected chi connectivity index (χ1v) is 17.9. The fraction of sp³-hybridized carbons (Fsp3) is 0.200. The van der Waals surface area contributed by atoms with Crippen LogP contribution in [-0.4, -0.2) is 47.3 Å². The van der Waals surface area contributed by atoms with Crippen LogP contribution in [0, 0.1) is 10.1 Å². The van der Waals surface area contributed by atoms with Crippen LogP contribution in [0.3, 0.4) is 0 Å². The summed E-state index contributed by atoms with van der Waals surface area (Å²) in [6.07, 6.45) is -5.13. The molecule has 0 bridgehead atoms. The molecule has 0 aliphatic carbocycles. The quantitative estimate of drug-likeness (QED) is 0.0641. The van der Waals surface area contributed by atoms with E-state index in [0.717, 1.165) is 27.8 Å². The molecule has 1 fully saturated rings. The molecule has 54 heavy (non-hydrogen) atoms. The highest BCUT2D eigenvalue weighted by molar-refractivity contribution is 5.47. The number of benzene rings is 6. The van der Waals surface area contributed by atoms with Crippen molar-refractivity contribution in [2.45, 2.75) is 49.5 Å². The molecule has 6 aromatic rings. The Hall–Kier alpha value is -5.68. The van der Waals surface area contributed by atoms with Gasteiger partial charge in [-0.25, -0.2) is 0 Å². The van der Waals surface area contributed by atoms with E-state index in [-0.39, 0.29) is 25.5 Å². The summed E-state index contributed by atoms with van der Waals surface area (Å²) < 4.78 is 33.2. The first-order valence-electron chi connectivity index (χ1n) is 17.9. The zero-order valence-corrected chi connectivity index (χ0v) is 29.5. The Labute approximate surface area is 314 Å². The summed E-state index contributed by atoms with van der Waals surface area (Å²) in [6.45, 7) is 0.303. The van der Waals surface area contributed by atoms with Crippen molar-refractivity contribution in [3.63, 3.8) is 0 Å². The molecular weight excluding hydrogens is 682 g/mol.